The molecule has 0 unspecified atom stereocenters. The third kappa shape index (κ3) is 7.33. The van der Waals surface area contributed by atoms with Crippen molar-refractivity contribution in [3.8, 4) is 0 Å². The maximum atomic E-state index is 9.70. The smallest absolute Gasteiger partial charge is 0.328 e. The zero-order valence-electron chi connectivity index (χ0n) is 12.2. The van der Waals surface area contributed by atoms with E-state index in [4.69, 9.17) is 9.05 Å². The third-order valence-corrected chi connectivity index (χ3v) is 7.48. The van der Waals surface area contributed by atoms with Crippen molar-refractivity contribution in [3.05, 3.63) is 0 Å². The molecule has 1 N–H and O–H groups in total. The molecule has 0 bridgehead atoms. The first-order valence-electron chi connectivity index (χ1n) is 7.82. The molecule has 3 nitrogen and oxygen atoms in total. The highest BCUT2D eigenvalue weighted by Crippen LogP contribution is 2.38. The Morgan fingerprint density at radius 1 is 0.750 bits per heavy atom. The minimum Gasteiger partial charge on any atom is -0.328 e. The van der Waals surface area contributed by atoms with Gasteiger partial charge in [-0.3, -0.25) is 0 Å². The van der Waals surface area contributed by atoms with Crippen molar-refractivity contribution in [1.29, 1.82) is 0 Å². The Morgan fingerprint density at radius 2 is 1.15 bits per heavy atom. The minimum atomic E-state index is -1.68. The van der Waals surface area contributed by atoms with Gasteiger partial charge in [0.2, 0.25) is 0 Å². The second kappa shape index (κ2) is 10.7. The van der Waals surface area contributed by atoms with Crippen LogP contribution in [-0.4, -0.2) is 27.3 Å². The van der Waals surface area contributed by atoms with Gasteiger partial charge in [0.05, 0.1) is 0 Å². The van der Waals surface area contributed by atoms with E-state index in [2.05, 4.69) is 0 Å². The highest BCUT2D eigenvalue weighted by molar-refractivity contribution is 8.00. The average Bonchev–Trinajstić information content (AvgIpc) is 2.49. The molecule has 6 heteroatoms. The molecule has 2 fully saturated rings. The van der Waals surface area contributed by atoms with Crippen LogP contribution in [0.3, 0.4) is 0 Å². The fourth-order valence-corrected chi connectivity index (χ4v) is 5.85. The molecule has 0 radical (unpaired) electrons. The van der Waals surface area contributed by atoms with Crippen LogP contribution in [0, 0.1) is 0 Å². The zero-order valence-corrected chi connectivity index (χ0v) is 14.7. The Morgan fingerprint density at radius 3 is 1.55 bits per heavy atom. The fraction of sp³-hybridized carbons (Fsp3) is 1.00. The van der Waals surface area contributed by atoms with Crippen LogP contribution in [0.5, 0.6) is 0 Å². The first-order chi connectivity index (χ1) is 9.84. The lowest BCUT2D eigenvalue weighted by Crippen LogP contribution is -2.10. The zero-order chi connectivity index (χ0) is 14.0. The van der Waals surface area contributed by atoms with E-state index in [9.17, 15) is 4.89 Å². The molecule has 0 aromatic rings. The highest BCUT2D eigenvalue weighted by Gasteiger charge is 2.17. The summed E-state index contributed by atoms with van der Waals surface area (Å²) in [5.41, 5.74) is 0. The largest absolute Gasteiger partial charge is 0.331 e. The van der Waals surface area contributed by atoms with E-state index >= 15 is 0 Å². The van der Waals surface area contributed by atoms with Crippen LogP contribution >= 0.6 is 32.1 Å². The van der Waals surface area contributed by atoms with Crippen molar-refractivity contribution >= 4 is 32.1 Å². The van der Waals surface area contributed by atoms with Crippen LogP contribution in [0.4, 0.5) is 0 Å². The summed E-state index contributed by atoms with van der Waals surface area (Å²) in [5, 5.41) is 1.45. The molecule has 0 aromatic heterocycles. The van der Waals surface area contributed by atoms with Gasteiger partial charge in [-0.2, -0.15) is 0 Å². The normalized spacial score (nSPS) is 22.5. The van der Waals surface area contributed by atoms with Gasteiger partial charge in [-0.05, 0) is 25.7 Å². The number of hydrogen-bond acceptors (Lipinski definition) is 5. The number of thioether (sulfide) groups is 2. The summed E-state index contributed by atoms with van der Waals surface area (Å²) in [6.07, 6.45) is 13.4. The molecule has 0 saturated heterocycles. The molecule has 0 heterocycles. The van der Waals surface area contributed by atoms with Gasteiger partial charge in [-0.25, -0.2) is 0 Å². The van der Waals surface area contributed by atoms with Gasteiger partial charge >= 0.3 is 8.60 Å². The Labute approximate surface area is 132 Å². The maximum absolute atomic E-state index is 9.70. The van der Waals surface area contributed by atoms with Crippen molar-refractivity contribution in [2.45, 2.75) is 74.7 Å². The lowest BCUT2D eigenvalue weighted by molar-refractivity contribution is 0.253. The van der Waals surface area contributed by atoms with Crippen molar-refractivity contribution < 1.29 is 13.9 Å². The van der Waals surface area contributed by atoms with E-state index in [1.54, 1.807) is 0 Å². The van der Waals surface area contributed by atoms with Gasteiger partial charge in [0.1, 0.15) is 11.9 Å². The molecule has 2 aliphatic rings. The summed E-state index contributed by atoms with van der Waals surface area (Å²) < 4.78 is 10.8. The monoisotopic (exact) mass is 338 g/mol. The fourth-order valence-electron chi connectivity index (χ4n) is 2.84. The molecule has 0 spiro atoms. The van der Waals surface area contributed by atoms with E-state index in [1.807, 2.05) is 23.5 Å². The van der Waals surface area contributed by atoms with Crippen molar-refractivity contribution in [2.75, 3.05) is 11.9 Å². The lowest BCUT2D eigenvalue weighted by atomic mass is 10.0. The van der Waals surface area contributed by atoms with E-state index in [0.717, 1.165) is 10.5 Å². The van der Waals surface area contributed by atoms with E-state index in [1.165, 1.54) is 64.2 Å². The first-order valence-corrected chi connectivity index (χ1v) is 11.1. The van der Waals surface area contributed by atoms with Gasteiger partial charge in [0.15, 0.2) is 0 Å². The SMILES string of the molecule is OP(OCSC1CCCCC1)OCSC1CCCCC1. The third-order valence-electron chi connectivity index (χ3n) is 4.04. The quantitative estimate of drug-likeness (QED) is 0.481. The molecule has 20 heavy (non-hydrogen) atoms. The molecule has 2 aliphatic carbocycles. The van der Waals surface area contributed by atoms with Gasteiger partial charge in [0.25, 0.3) is 0 Å². The summed E-state index contributed by atoms with van der Waals surface area (Å²) in [4.78, 5) is 9.70. The highest BCUT2D eigenvalue weighted by atomic mass is 32.2. The van der Waals surface area contributed by atoms with Crippen LogP contribution in [0.2, 0.25) is 0 Å². The molecule has 2 rings (SSSR count). The Bertz CT molecular complexity index is 223. The van der Waals surface area contributed by atoms with E-state index in [0.29, 0.717) is 11.9 Å². The van der Waals surface area contributed by atoms with Gasteiger partial charge in [-0.1, -0.05) is 38.5 Å². The maximum Gasteiger partial charge on any atom is 0.331 e. The molecule has 0 atom stereocenters. The summed E-state index contributed by atoms with van der Waals surface area (Å²) in [6.45, 7) is 0. The van der Waals surface area contributed by atoms with Crippen molar-refractivity contribution in [1.82, 2.24) is 0 Å². The molecule has 118 valence electrons. The minimum absolute atomic E-state index is 0.570. The van der Waals surface area contributed by atoms with Crippen LogP contribution in [0.25, 0.3) is 0 Å². The van der Waals surface area contributed by atoms with Crippen LogP contribution in [0.15, 0.2) is 0 Å². The van der Waals surface area contributed by atoms with Gasteiger partial charge < -0.3 is 13.9 Å². The Hall–Kier alpha value is 1.01. The molecular formula is C14H27O3PS2. The Balaban J connectivity index is 1.44. The Kier molecular flexibility index (Phi) is 9.28. The lowest BCUT2D eigenvalue weighted by Gasteiger charge is -2.22. The average molecular weight is 338 g/mol. The second-order valence-electron chi connectivity index (χ2n) is 5.59. The molecule has 0 amide bonds. The summed E-state index contributed by atoms with van der Waals surface area (Å²) >= 11 is 3.67. The number of hydrogen-bond donors (Lipinski definition) is 1. The van der Waals surface area contributed by atoms with Crippen molar-refractivity contribution in [2.24, 2.45) is 0 Å². The predicted molar refractivity (Wildman–Crippen MR) is 90.0 cm³/mol. The summed E-state index contributed by atoms with van der Waals surface area (Å²) in [5.74, 6) is 1.14. The van der Waals surface area contributed by atoms with Gasteiger partial charge in [-0.15, -0.1) is 23.5 Å². The second-order valence-corrected chi connectivity index (χ2v) is 9.05. The predicted octanol–water partition coefficient (Wildman–Crippen LogP) is 5.29. The molecular weight excluding hydrogens is 311 g/mol. The summed E-state index contributed by atoms with van der Waals surface area (Å²) in [7, 11) is -1.68. The standard InChI is InChI=1S/C14H27O3PS2/c15-18(16-11-19-13-7-3-1-4-8-13)17-12-20-14-9-5-2-6-10-14/h13-15H,1-12H2. The summed E-state index contributed by atoms with van der Waals surface area (Å²) in [6, 6.07) is 0. The van der Waals surface area contributed by atoms with Crippen LogP contribution in [0.1, 0.15) is 64.2 Å². The molecule has 0 aromatic carbocycles. The van der Waals surface area contributed by atoms with E-state index < -0.39 is 8.60 Å². The van der Waals surface area contributed by atoms with Crippen LogP contribution < -0.4 is 0 Å². The first kappa shape index (κ1) is 17.4. The molecule has 2 saturated carbocycles. The van der Waals surface area contributed by atoms with Gasteiger partial charge in [0, 0.05) is 10.5 Å². The van der Waals surface area contributed by atoms with Crippen molar-refractivity contribution in [3.63, 3.8) is 0 Å². The number of rotatable bonds is 8. The van der Waals surface area contributed by atoms with Crippen LogP contribution in [-0.2, 0) is 9.05 Å². The topological polar surface area (TPSA) is 38.7 Å². The van der Waals surface area contributed by atoms with E-state index in [-0.39, 0.29) is 0 Å². The molecule has 0 aliphatic heterocycles.